The lowest BCUT2D eigenvalue weighted by Gasteiger charge is -2.32. The van der Waals surface area contributed by atoms with Gasteiger partial charge >= 0.3 is 0 Å². The summed E-state index contributed by atoms with van der Waals surface area (Å²) in [5, 5.41) is 3.50. The Morgan fingerprint density at radius 3 is 2.23 bits per heavy atom. The van der Waals surface area contributed by atoms with E-state index in [-0.39, 0.29) is 0 Å². The molecule has 0 aromatic carbocycles. The van der Waals surface area contributed by atoms with Crippen molar-refractivity contribution >= 4 is 0 Å². The van der Waals surface area contributed by atoms with E-state index in [2.05, 4.69) is 33.0 Å². The van der Waals surface area contributed by atoms with Crippen LogP contribution in [0, 0.1) is 5.92 Å². The van der Waals surface area contributed by atoms with Crippen LogP contribution in [-0.4, -0.2) is 24.8 Å². The minimum absolute atomic E-state index is 0.447. The Bertz CT molecular complexity index is 137. The molecule has 0 aliphatic carbocycles. The van der Waals surface area contributed by atoms with Gasteiger partial charge in [0.2, 0.25) is 0 Å². The summed E-state index contributed by atoms with van der Waals surface area (Å²) in [6, 6.07) is 0.605. The van der Waals surface area contributed by atoms with Gasteiger partial charge in [0.15, 0.2) is 0 Å². The molecule has 0 amide bonds. The molecule has 1 heterocycles. The van der Waals surface area contributed by atoms with E-state index in [4.69, 9.17) is 4.74 Å². The van der Waals surface area contributed by atoms with Crippen molar-refractivity contribution in [1.82, 2.24) is 5.32 Å². The zero-order chi connectivity index (χ0) is 9.84. The molecule has 13 heavy (non-hydrogen) atoms. The van der Waals surface area contributed by atoms with Crippen LogP contribution >= 0.6 is 0 Å². The van der Waals surface area contributed by atoms with Gasteiger partial charge in [-0.15, -0.1) is 0 Å². The predicted molar refractivity (Wildman–Crippen MR) is 55.9 cm³/mol. The summed E-state index contributed by atoms with van der Waals surface area (Å²) >= 11 is 0. The number of rotatable bonds is 3. The number of ether oxygens (including phenoxy) is 1. The van der Waals surface area contributed by atoms with E-state index in [1.54, 1.807) is 0 Å². The van der Waals surface area contributed by atoms with Crippen LogP contribution in [0.4, 0.5) is 0 Å². The fraction of sp³-hybridized carbons (Fsp3) is 1.00. The molecular formula is C11H23NO. The van der Waals surface area contributed by atoms with Gasteiger partial charge in [-0.05, 0) is 39.2 Å². The molecule has 1 rings (SSSR count). The van der Waals surface area contributed by atoms with E-state index in [0.717, 1.165) is 12.5 Å². The maximum Gasteiger partial charge on any atom is 0.0553 e. The molecule has 1 saturated heterocycles. The lowest BCUT2D eigenvalue weighted by atomic mass is 9.92. The quantitative estimate of drug-likeness (QED) is 0.727. The van der Waals surface area contributed by atoms with Crippen molar-refractivity contribution in [3.63, 3.8) is 0 Å². The molecule has 1 aliphatic heterocycles. The zero-order valence-corrected chi connectivity index (χ0v) is 9.34. The van der Waals surface area contributed by atoms with Crippen LogP contribution < -0.4 is 5.32 Å². The number of hydrogen-bond acceptors (Lipinski definition) is 2. The fourth-order valence-corrected chi connectivity index (χ4v) is 2.11. The first kappa shape index (κ1) is 11.0. The van der Waals surface area contributed by atoms with Crippen LogP contribution in [0.2, 0.25) is 0 Å². The van der Waals surface area contributed by atoms with E-state index in [9.17, 15) is 0 Å². The Balaban J connectivity index is 2.25. The van der Waals surface area contributed by atoms with Gasteiger partial charge in [0.1, 0.15) is 0 Å². The minimum atomic E-state index is 0.447. The van der Waals surface area contributed by atoms with Gasteiger partial charge in [-0.25, -0.2) is 0 Å². The Kier molecular flexibility index (Phi) is 4.20. The standard InChI is InChI=1S/C11H23NO/c1-8(2)12-7-11-5-9(3)13-10(4)6-11/h8-12H,5-7H2,1-4H3. The average molecular weight is 185 g/mol. The summed E-state index contributed by atoms with van der Waals surface area (Å²) < 4.78 is 5.70. The fourth-order valence-electron chi connectivity index (χ4n) is 2.11. The summed E-state index contributed by atoms with van der Waals surface area (Å²) in [4.78, 5) is 0. The first-order chi connectivity index (χ1) is 6.08. The summed E-state index contributed by atoms with van der Waals surface area (Å²) in [5.74, 6) is 0.807. The summed E-state index contributed by atoms with van der Waals surface area (Å²) in [6.45, 7) is 9.91. The minimum Gasteiger partial charge on any atom is -0.376 e. The Labute approximate surface area is 82.0 Å². The second-order valence-corrected chi connectivity index (χ2v) is 4.66. The normalized spacial score (nSPS) is 35.3. The highest BCUT2D eigenvalue weighted by Gasteiger charge is 2.23. The maximum atomic E-state index is 5.70. The first-order valence-corrected chi connectivity index (χ1v) is 5.46. The highest BCUT2D eigenvalue weighted by Crippen LogP contribution is 2.23. The molecule has 0 radical (unpaired) electrons. The molecule has 2 atom stereocenters. The van der Waals surface area contributed by atoms with Gasteiger partial charge in [0.25, 0.3) is 0 Å². The van der Waals surface area contributed by atoms with Gasteiger partial charge < -0.3 is 10.1 Å². The molecule has 0 bridgehead atoms. The van der Waals surface area contributed by atoms with Crippen LogP contribution in [0.1, 0.15) is 40.5 Å². The predicted octanol–water partition coefficient (Wildman–Crippen LogP) is 2.19. The third-order valence-corrected chi connectivity index (χ3v) is 2.61. The number of hydrogen-bond donors (Lipinski definition) is 1. The molecule has 2 heteroatoms. The number of nitrogens with one attached hydrogen (secondary N) is 1. The van der Waals surface area contributed by atoms with Crippen molar-refractivity contribution in [2.45, 2.75) is 58.8 Å². The summed E-state index contributed by atoms with van der Waals surface area (Å²) in [6.07, 6.45) is 3.32. The van der Waals surface area contributed by atoms with E-state index in [1.165, 1.54) is 12.8 Å². The van der Waals surface area contributed by atoms with Crippen molar-refractivity contribution < 1.29 is 4.74 Å². The molecule has 1 N–H and O–H groups in total. The highest BCUT2D eigenvalue weighted by atomic mass is 16.5. The van der Waals surface area contributed by atoms with Crippen LogP contribution in [0.15, 0.2) is 0 Å². The van der Waals surface area contributed by atoms with Crippen LogP contribution in [0.25, 0.3) is 0 Å². The lowest BCUT2D eigenvalue weighted by Crippen LogP contribution is -2.36. The van der Waals surface area contributed by atoms with E-state index in [1.807, 2.05) is 0 Å². The van der Waals surface area contributed by atoms with Crippen molar-refractivity contribution in [3.05, 3.63) is 0 Å². The van der Waals surface area contributed by atoms with Crippen molar-refractivity contribution in [1.29, 1.82) is 0 Å². The molecule has 0 saturated carbocycles. The van der Waals surface area contributed by atoms with E-state index >= 15 is 0 Å². The zero-order valence-electron chi connectivity index (χ0n) is 9.34. The summed E-state index contributed by atoms with van der Waals surface area (Å²) in [7, 11) is 0. The van der Waals surface area contributed by atoms with Crippen LogP contribution in [0.5, 0.6) is 0 Å². The Hall–Kier alpha value is -0.0800. The molecular weight excluding hydrogens is 162 g/mol. The SMILES string of the molecule is CC(C)NCC1CC(C)OC(C)C1. The third kappa shape index (κ3) is 4.10. The molecule has 78 valence electrons. The third-order valence-electron chi connectivity index (χ3n) is 2.61. The Morgan fingerprint density at radius 2 is 1.77 bits per heavy atom. The first-order valence-electron chi connectivity index (χ1n) is 5.46. The van der Waals surface area contributed by atoms with Crippen molar-refractivity contribution in [2.24, 2.45) is 5.92 Å². The molecule has 0 aromatic heterocycles. The average Bonchev–Trinajstić information content (AvgIpc) is 1.99. The smallest absolute Gasteiger partial charge is 0.0553 e. The lowest BCUT2D eigenvalue weighted by molar-refractivity contribution is -0.0518. The van der Waals surface area contributed by atoms with Crippen molar-refractivity contribution in [3.8, 4) is 0 Å². The van der Waals surface area contributed by atoms with Gasteiger partial charge in [-0.2, -0.15) is 0 Å². The van der Waals surface area contributed by atoms with E-state index < -0.39 is 0 Å². The van der Waals surface area contributed by atoms with Crippen LogP contribution in [0.3, 0.4) is 0 Å². The van der Waals surface area contributed by atoms with Gasteiger partial charge in [0, 0.05) is 6.04 Å². The van der Waals surface area contributed by atoms with Crippen LogP contribution in [-0.2, 0) is 4.74 Å². The largest absolute Gasteiger partial charge is 0.376 e. The molecule has 2 nitrogen and oxygen atoms in total. The summed E-state index contributed by atoms with van der Waals surface area (Å²) in [5.41, 5.74) is 0. The topological polar surface area (TPSA) is 21.3 Å². The molecule has 1 fully saturated rings. The van der Waals surface area contributed by atoms with E-state index in [0.29, 0.717) is 18.2 Å². The molecule has 0 aromatic rings. The van der Waals surface area contributed by atoms with Crippen molar-refractivity contribution in [2.75, 3.05) is 6.54 Å². The molecule has 1 aliphatic rings. The molecule has 2 unspecified atom stereocenters. The Morgan fingerprint density at radius 1 is 1.23 bits per heavy atom. The second kappa shape index (κ2) is 4.97. The monoisotopic (exact) mass is 185 g/mol. The van der Waals surface area contributed by atoms with Gasteiger partial charge in [0.05, 0.1) is 12.2 Å². The van der Waals surface area contributed by atoms with Gasteiger partial charge in [-0.3, -0.25) is 0 Å². The molecule has 0 spiro atoms. The highest BCUT2D eigenvalue weighted by molar-refractivity contribution is 4.75. The van der Waals surface area contributed by atoms with Gasteiger partial charge in [-0.1, -0.05) is 13.8 Å². The second-order valence-electron chi connectivity index (χ2n) is 4.66. The maximum absolute atomic E-state index is 5.70.